The van der Waals surface area contributed by atoms with Crippen molar-refractivity contribution in [3.8, 4) is 28.2 Å². The quantitative estimate of drug-likeness (QED) is 0.800. The Bertz CT molecular complexity index is 774. The summed E-state index contributed by atoms with van der Waals surface area (Å²) in [7, 11) is 1.57. The van der Waals surface area contributed by atoms with Gasteiger partial charge in [-0.05, 0) is 24.3 Å². The fourth-order valence-electron chi connectivity index (χ4n) is 2.06. The van der Waals surface area contributed by atoms with Gasteiger partial charge < -0.3 is 15.0 Å². The number of hydrogen-bond acceptors (Lipinski definition) is 6. The van der Waals surface area contributed by atoms with E-state index in [1.807, 2.05) is 0 Å². The van der Waals surface area contributed by atoms with Crippen molar-refractivity contribution in [3.63, 3.8) is 0 Å². The monoisotopic (exact) mass is 302 g/mol. The lowest BCUT2D eigenvalue weighted by atomic mass is 10.0. The smallest absolute Gasteiger partial charge is 0.178 e. The SMILES string of the molecule is COc1ccc(Cl)cc1-c1c(N)noc1-c1ccnnc1. The molecule has 0 radical (unpaired) electrons. The van der Waals surface area contributed by atoms with Crippen molar-refractivity contribution in [1.29, 1.82) is 0 Å². The van der Waals surface area contributed by atoms with Crippen molar-refractivity contribution < 1.29 is 9.26 Å². The molecule has 0 aliphatic rings. The molecule has 0 fully saturated rings. The highest BCUT2D eigenvalue weighted by molar-refractivity contribution is 6.31. The van der Waals surface area contributed by atoms with E-state index in [9.17, 15) is 0 Å². The molecule has 0 aliphatic carbocycles. The van der Waals surface area contributed by atoms with Crippen molar-refractivity contribution >= 4 is 17.4 Å². The molecule has 2 heterocycles. The van der Waals surface area contributed by atoms with Gasteiger partial charge in [0.1, 0.15) is 5.75 Å². The van der Waals surface area contributed by atoms with Gasteiger partial charge in [0.25, 0.3) is 0 Å². The molecule has 0 saturated carbocycles. The normalized spacial score (nSPS) is 10.6. The van der Waals surface area contributed by atoms with E-state index in [4.69, 9.17) is 26.6 Å². The van der Waals surface area contributed by atoms with Crippen LogP contribution < -0.4 is 10.5 Å². The standard InChI is InChI=1S/C14H11ClN4O2/c1-20-11-3-2-9(15)6-10(11)12-13(21-19-14(12)16)8-4-5-17-18-7-8/h2-7H,1H3,(H2,16,19). The van der Waals surface area contributed by atoms with Crippen LogP contribution in [-0.4, -0.2) is 22.5 Å². The summed E-state index contributed by atoms with van der Waals surface area (Å²) in [5, 5.41) is 12.0. The third-order valence-corrected chi connectivity index (χ3v) is 3.23. The number of hydrogen-bond donors (Lipinski definition) is 1. The van der Waals surface area contributed by atoms with Crippen LogP contribution in [0.15, 0.2) is 41.2 Å². The van der Waals surface area contributed by atoms with Crippen molar-refractivity contribution in [3.05, 3.63) is 41.7 Å². The Morgan fingerprint density at radius 2 is 2.10 bits per heavy atom. The van der Waals surface area contributed by atoms with Gasteiger partial charge in [-0.15, -0.1) is 0 Å². The molecule has 0 unspecified atom stereocenters. The van der Waals surface area contributed by atoms with Gasteiger partial charge in [-0.1, -0.05) is 16.8 Å². The van der Waals surface area contributed by atoms with E-state index in [1.54, 1.807) is 43.8 Å². The number of ether oxygens (including phenoxy) is 1. The van der Waals surface area contributed by atoms with Gasteiger partial charge in [0.05, 0.1) is 25.1 Å². The lowest BCUT2D eigenvalue weighted by Gasteiger charge is -2.09. The van der Waals surface area contributed by atoms with E-state index in [-0.39, 0.29) is 5.82 Å². The van der Waals surface area contributed by atoms with Crippen LogP contribution in [0.3, 0.4) is 0 Å². The second-order valence-corrected chi connectivity index (χ2v) is 4.68. The van der Waals surface area contributed by atoms with Crippen LogP contribution in [0.1, 0.15) is 0 Å². The van der Waals surface area contributed by atoms with E-state index in [1.165, 1.54) is 0 Å². The number of anilines is 1. The summed E-state index contributed by atoms with van der Waals surface area (Å²) in [4.78, 5) is 0. The Balaban J connectivity index is 2.24. The van der Waals surface area contributed by atoms with Crippen LogP contribution in [0.2, 0.25) is 5.02 Å². The molecule has 0 saturated heterocycles. The fraction of sp³-hybridized carbons (Fsp3) is 0.0714. The zero-order valence-electron chi connectivity index (χ0n) is 11.1. The number of halogens is 1. The molecule has 1 aromatic carbocycles. The predicted molar refractivity (Wildman–Crippen MR) is 78.9 cm³/mol. The maximum atomic E-state index is 6.07. The van der Waals surface area contributed by atoms with Crippen LogP contribution in [0.25, 0.3) is 22.5 Å². The molecule has 7 heteroatoms. The first kappa shape index (κ1) is 13.4. The van der Waals surface area contributed by atoms with E-state index >= 15 is 0 Å². The minimum atomic E-state index is 0.252. The van der Waals surface area contributed by atoms with E-state index in [0.717, 1.165) is 0 Å². The minimum absolute atomic E-state index is 0.252. The van der Waals surface area contributed by atoms with E-state index < -0.39 is 0 Å². The van der Waals surface area contributed by atoms with Crippen LogP contribution in [0.4, 0.5) is 5.82 Å². The molecule has 0 atom stereocenters. The molecule has 21 heavy (non-hydrogen) atoms. The van der Waals surface area contributed by atoms with Gasteiger partial charge in [-0.2, -0.15) is 10.2 Å². The first-order chi connectivity index (χ1) is 10.2. The largest absolute Gasteiger partial charge is 0.496 e. The number of benzene rings is 1. The Morgan fingerprint density at radius 1 is 1.24 bits per heavy atom. The summed E-state index contributed by atoms with van der Waals surface area (Å²) in [6.45, 7) is 0. The Hall–Kier alpha value is -2.60. The molecule has 0 amide bonds. The van der Waals surface area contributed by atoms with Crippen LogP contribution in [-0.2, 0) is 0 Å². The van der Waals surface area contributed by atoms with Crippen molar-refractivity contribution in [2.24, 2.45) is 0 Å². The highest BCUT2D eigenvalue weighted by Gasteiger charge is 2.21. The maximum Gasteiger partial charge on any atom is 0.178 e. The second-order valence-electron chi connectivity index (χ2n) is 4.25. The topological polar surface area (TPSA) is 87.1 Å². The Kier molecular flexibility index (Phi) is 3.45. The number of nitrogens with two attached hydrogens (primary N) is 1. The van der Waals surface area contributed by atoms with Gasteiger partial charge in [0, 0.05) is 16.1 Å². The number of methoxy groups -OCH3 is 1. The average molecular weight is 303 g/mol. The Labute approximate surface area is 125 Å². The molecule has 3 aromatic rings. The van der Waals surface area contributed by atoms with Gasteiger partial charge >= 0.3 is 0 Å². The fourth-order valence-corrected chi connectivity index (χ4v) is 2.23. The molecule has 0 aliphatic heterocycles. The molecule has 0 spiro atoms. The number of nitrogen functional groups attached to an aromatic ring is 1. The molecular formula is C14H11ClN4O2. The highest BCUT2D eigenvalue weighted by Crippen LogP contribution is 2.41. The third kappa shape index (κ3) is 2.41. The first-order valence-electron chi connectivity index (χ1n) is 6.07. The Morgan fingerprint density at radius 3 is 2.81 bits per heavy atom. The summed E-state index contributed by atoms with van der Waals surface area (Å²) in [6.07, 6.45) is 3.13. The average Bonchev–Trinajstić information content (AvgIpc) is 2.89. The number of aromatic nitrogens is 3. The molecule has 3 rings (SSSR count). The molecule has 6 nitrogen and oxygen atoms in total. The molecular weight excluding hydrogens is 292 g/mol. The van der Waals surface area contributed by atoms with Crippen molar-refractivity contribution in [2.45, 2.75) is 0 Å². The summed E-state index contributed by atoms with van der Waals surface area (Å²) in [6, 6.07) is 7.01. The zero-order valence-corrected chi connectivity index (χ0v) is 11.8. The molecule has 2 N–H and O–H groups in total. The lowest BCUT2D eigenvalue weighted by molar-refractivity contribution is 0.416. The van der Waals surface area contributed by atoms with Crippen molar-refractivity contribution in [1.82, 2.24) is 15.4 Å². The van der Waals surface area contributed by atoms with Gasteiger partial charge in [0.2, 0.25) is 0 Å². The van der Waals surface area contributed by atoms with Crippen LogP contribution in [0.5, 0.6) is 5.75 Å². The third-order valence-electron chi connectivity index (χ3n) is 3.00. The number of rotatable bonds is 3. The minimum Gasteiger partial charge on any atom is -0.496 e. The molecule has 106 valence electrons. The first-order valence-corrected chi connectivity index (χ1v) is 6.44. The second kappa shape index (κ2) is 5.41. The summed E-state index contributed by atoms with van der Waals surface area (Å²) < 4.78 is 10.7. The van der Waals surface area contributed by atoms with Gasteiger partial charge in [0.15, 0.2) is 11.6 Å². The maximum absolute atomic E-state index is 6.07. The van der Waals surface area contributed by atoms with Crippen molar-refractivity contribution in [2.75, 3.05) is 12.8 Å². The van der Waals surface area contributed by atoms with Crippen LogP contribution in [0, 0.1) is 0 Å². The number of nitrogens with zero attached hydrogens (tertiary/aromatic N) is 3. The molecule has 0 bridgehead atoms. The summed E-state index contributed by atoms with van der Waals surface area (Å²) in [5.41, 5.74) is 7.98. The highest BCUT2D eigenvalue weighted by atomic mass is 35.5. The van der Waals surface area contributed by atoms with E-state index in [2.05, 4.69) is 15.4 Å². The lowest BCUT2D eigenvalue weighted by Crippen LogP contribution is -1.93. The summed E-state index contributed by atoms with van der Waals surface area (Å²) >= 11 is 6.07. The van der Waals surface area contributed by atoms with Crippen LogP contribution >= 0.6 is 11.6 Å². The molecule has 2 aromatic heterocycles. The summed E-state index contributed by atoms with van der Waals surface area (Å²) in [5.74, 6) is 1.36. The van der Waals surface area contributed by atoms with Gasteiger partial charge in [-0.3, -0.25) is 0 Å². The zero-order chi connectivity index (χ0) is 14.8. The van der Waals surface area contributed by atoms with E-state index in [0.29, 0.717) is 33.2 Å². The predicted octanol–water partition coefficient (Wildman–Crippen LogP) is 3.04. The van der Waals surface area contributed by atoms with Gasteiger partial charge in [-0.25, -0.2) is 0 Å².